The van der Waals surface area contributed by atoms with Gasteiger partial charge in [0.05, 0.1) is 19.6 Å². The van der Waals surface area contributed by atoms with Crippen LogP contribution >= 0.6 is 0 Å². The minimum atomic E-state index is -1.58. The third-order valence-corrected chi connectivity index (χ3v) is 11.0. The van der Waals surface area contributed by atoms with Gasteiger partial charge in [0.25, 0.3) is 0 Å². The Kier molecular flexibility index (Phi) is 6.25. The van der Waals surface area contributed by atoms with Gasteiger partial charge in [0.2, 0.25) is 0 Å². The number of hydrogen-bond acceptors (Lipinski definition) is 6. The number of Topliss-reactive ketones (excluding diaryl/α,β-unsaturated/α-hetero) is 2. The molecule has 6 nitrogen and oxygen atoms in total. The molecule has 0 aromatic heterocycles. The van der Waals surface area contributed by atoms with Crippen LogP contribution in [0, 0.1) is 38.9 Å². The molecule has 6 heteroatoms. The third kappa shape index (κ3) is 3.35. The highest BCUT2D eigenvalue weighted by molar-refractivity contribution is 6.07. The van der Waals surface area contributed by atoms with Gasteiger partial charge in [-0.05, 0) is 73.3 Å². The lowest BCUT2D eigenvalue weighted by Crippen LogP contribution is -2.36. The lowest BCUT2D eigenvalue weighted by molar-refractivity contribution is -0.156. The molecule has 0 saturated heterocycles. The molecule has 0 aromatic rings. The number of ether oxygens (including phenoxy) is 2. The number of ketones is 2. The summed E-state index contributed by atoms with van der Waals surface area (Å²) in [6.45, 7) is 16.2. The molecule has 0 heterocycles. The van der Waals surface area contributed by atoms with Gasteiger partial charge < -0.3 is 9.47 Å². The second-order valence-electron chi connectivity index (χ2n) is 12.9. The van der Waals surface area contributed by atoms with E-state index in [1.54, 1.807) is 26.0 Å². The summed E-state index contributed by atoms with van der Waals surface area (Å²) in [5, 5.41) is 0. The van der Waals surface area contributed by atoms with Crippen molar-refractivity contribution in [2.24, 2.45) is 38.9 Å². The number of carbonyl (C=O) groups excluding carboxylic acids is 4. The van der Waals surface area contributed by atoms with Gasteiger partial charge in [-0.25, -0.2) is 0 Å². The van der Waals surface area contributed by atoms with E-state index in [0.29, 0.717) is 11.1 Å². The summed E-state index contributed by atoms with van der Waals surface area (Å²) >= 11 is 0. The highest BCUT2D eigenvalue weighted by Crippen LogP contribution is 2.67. The van der Waals surface area contributed by atoms with Crippen molar-refractivity contribution in [3.05, 3.63) is 23.3 Å². The molecular weight excluding hydrogens is 456 g/mol. The van der Waals surface area contributed by atoms with Gasteiger partial charge in [0.1, 0.15) is 5.41 Å². The molecule has 0 N–H and O–H groups in total. The van der Waals surface area contributed by atoms with Gasteiger partial charge in [-0.15, -0.1) is 0 Å². The predicted molar refractivity (Wildman–Crippen MR) is 136 cm³/mol. The first-order valence-electron chi connectivity index (χ1n) is 13.5. The fourth-order valence-electron chi connectivity index (χ4n) is 7.79. The van der Waals surface area contributed by atoms with E-state index in [2.05, 4.69) is 27.7 Å². The first-order valence-corrected chi connectivity index (χ1v) is 13.5. The number of fused-ring (bicyclic) bond motifs is 4. The number of hydrogen-bond donors (Lipinski definition) is 0. The number of carbonyl (C=O) groups is 4. The van der Waals surface area contributed by atoms with E-state index in [1.807, 2.05) is 13.8 Å². The van der Waals surface area contributed by atoms with Gasteiger partial charge in [-0.2, -0.15) is 0 Å². The van der Waals surface area contributed by atoms with Gasteiger partial charge >= 0.3 is 11.9 Å². The Balaban J connectivity index is 1.93. The van der Waals surface area contributed by atoms with Crippen LogP contribution in [-0.2, 0) is 28.7 Å². The van der Waals surface area contributed by atoms with Crippen molar-refractivity contribution >= 4 is 23.5 Å². The standard InChI is InChI=1S/C30H42O6/c1-9-35-22(31)17-30(25(34)36-10-2,15-18-20-11-13-28(7,23(18)32)26(20,3)4)16-19-21-12-14-29(8,24(19)33)27(21,5)6/h15-16,20-21H,9-14,17H2,1-8H3/b18-15-,19-16-/t20-,21-,28-,29-/m1/s1. The molecule has 4 saturated carbocycles. The molecule has 36 heavy (non-hydrogen) atoms. The quantitative estimate of drug-likeness (QED) is 0.345. The van der Waals surface area contributed by atoms with Crippen molar-refractivity contribution in [2.45, 2.75) is 87.5 Å². The van der Waals surface area contributed by atoms with Crippen molar-refractivity contribution in [3.8, 4) is 0 Å². The van der Waals surface area contributed by atoms with E-state index in [0.717, 1.165) is 25.7 Å². The molecular formula is C30H42O6. The molecule has 0 radical (unpaired) electrons. The minimum Gasteiger partial charge on any atom is -0.466 e. The average Bonchev–Trinajstić information content (AvgIpc) is 3.27. The Bertz CT molecular complexity index is 1010. The maximum absolute atomic E-state index is 13.7. The van der Waals surface area contributed by atoms with Crippen molar-refractivity contribution in [1.29, 1.82) is 0 Å². The molecule has 0 aliphatic heterocycles. The molecule has 198 valence electrons. The van der Waals surface area contributed by atoms with Crippen LogP contribution in [0.5, 0.6) is 0 Å². The van der Waals surface area contributed by atoms with E-state index in [1.165, 1.54) is 0 Å². The Morgan fingerprint density at radius 1 is 0.806 bits per heavy atom. The predicted octanol–water partition coefficient (Wildman–Crippen LogP) is 5.39. The Labute approximate surface area is 215 Å². The molecule has 4 bridgehead atoms. The first-order chi connectivity index (χ1) is 16.6. The lowest BCUT2D eigenvalue weighted by Gasteiger charge is -2.31. The molecule has 0 spiro atoms. The van der Waals surface area contributed by atoms with Gasteiger partial charge in [0.15, 0.2) is 11.6 Å². The van der Waals surface area contributed by atoms with E-state index >= 15 is 0 Å². The zero-order valence-corrected chi connectivity index (χ0v) is 23.2. The van der Waals surface area contributed by atoms with Gasteiger partial charge in [-0.1, -0.05) is 53.7 Å². The summed E-state index contributed by atoms with van der Waals surface area (Å²) in [6, 6.07) is 0. The molecule has 0 unspecified atom stereocenters. The smallest absolute Gasteiger partial charge is 0.320 e. The summed E-state index contributed by atoms with van der Waals surface area (Å²) in [4.78, 5) is 54.1. The van der Waals surface area contributed by atoms with E-state index in [4.69, 9.17) is 9.47 Å². The van der Waals surface area contributed by atoms with Crippen LogP contribution in [-0.4, -0.2) is 36.7 Å². The maximum Gasteiger partial charge on any atom is 0.320 e. The topological polar surface area (TPSA) is 86.7 Å². The van der Waals surface area contributed by atoms with Crippen molar-refractivity contribution in [3.63, 3.8) is 0 Å². The monoisotopic (exact) mass is 498 g/mol. The van der Waals surface area contributed by atoms with Crippen molar-refractivity contribution in [1.82, 2.24) is 0 Å². The van der Waals surface area contributed by atoms with E-state index in [-0.39, 0.29) is 53.9 Å². The molecule has 4 atom stereocenters. The Hall–Kier alpha value is -2.24. The maximum atomic E-state index is 13.7. The van der Waals surface area contributed by atoms with Crippen molar-refractivity contribution in [2.75, 3.05) is 13.2 Å². The summed E-state index contributed by atoms with van der Waals surface area (Å²) in [5.41, 5.74) is -1.95. The number of allylic oxidation sites excluding steroid dienone is 2. The van der Waals surface area contributed by atoms with Crippen LogP contribution in [0.4, 0.5) is 0 Å². The van der Waals surface area contributed by atoms with Gasteiger partial charge in [-0.3, -0.25) is 19.2 Å². The first kappa shape index (κ1) is 26.8. The summed E-state index contributed by atoms with van der Waals surface area (Å²) in [6.07, 6.45) is 6.37. The Morgan fingerprint density at radius 2 is 1.22 bits per heavy atom. The Morgan fingerprint density at radius 3 is 1.56 bits per heavy atom. The highest BCUT2D eigenvalue weighted by Gasteiger charge is 2.66. The molecule has 4 aliphatic rings. The summed E-state index contributed by atoms with van der Waals surface area (Å²) < 4.78 is 10.8. The summed E-state index contributed by atoms with van der Waals surface area (Å²) in [5.74, 6) is -1.14. The zero-order chi connectivity index (χ0) is 26.9. The van der Waals surface area contributed by atoms with Crippen molar-refractivity contribution < 1.29 is 28.7 Å². The average molecular weight is 499 g/mol. The second kappa shape index (κ2) is 8.39. The second-order valence-corrected chi connectivity index (χ2v) is 12.9. The van der Waals surface area contributed by atoms with Gasteiger partial charge in [0, 0.05) is 10.8 Å². The minimum absolute atomic E-state index is 0.0194. The fraction of sp³-hybridized carbons (Fsp3) is 0.733. The van der Waals surface area contributed by atoms with E-state index in [9.17, 15) is 19.2 Å². The van der Waals surface area contributed by atoms with Crippen LogP contribution in [0.3, 0.4) is 0 Å². The van der Waals surface area contributed by atoms with Crippen LogP contribution in [0.25, 0.3) is 0 Å². The third-order valence-electron chi connectivity index (χ3n) is 11.0. The normalized spacial score (nSPS) is 36.2. The molecule has 0 amide bonds. The van der Waals surface area contributed by atoms with Crippen LogP contribution in [0.1, 0.15) is 87.5 Å². The zero-order valence-electron chi connectivity index (χ0n) is 23.2. The van der Waals surface area contributed by atoms with E-state index < -0.39 is 28.2 Å². The highest BCUT2D eigenvalue weighted by atomic mass is 16.5. The summed E-state index contributed by atoms with van der Waals surface area (Å²) in [7, 11) is 0. The largest absolute Gasteiger partial charge is 0.466 e. The van der Waals surface area contributed by atoms with Crippen LogP contribution < -0.4 is 0 Å². The molecule has 4 fully saturated rings. The lowest BCUT2D eigenvalue weighted by atomic mass is 9.70. The number of rotatable bonds is 7. The number of esters is 2. The SMILES string of the molecule is CCOC(=O)CC(/C=C1\C(=O)[C@@]2(C)CC[C@H]1C2(C)C)(/C=C1\C(=O)[C@@]2(C)CC[C@H]1C2(C)C)C(=O)OCC. The molecule has 4 aliphatic carbocycles. The molecule has 0 aromatic carbocycles. The fourth-order valence-corrected chi connectivity index (χ4v) is 7.79. The molecule has 4 rings (SSSR count). The van der Waals surface area contributed by atoms with Crippen LogP contribution in [0.15, 0.2) is 23.3 Å². The van der Waals surface area contributed by atoms with Crippen LogP contribution in [0.2, 0.25) is 0 Å².